The van der Waals surface area contributed by atoms with Crippen LogP contribution in [0.3, 0.4) is 0 Å². The van der Waals surface area contributed by atoms with Crippen molar-refractivity contribution in [2.24, 2.45) is 0 Å². The fraction of sp³-hybridized carbons (Fsp3) is 0.118. The summed E-state index contributed by atoms with van der Waals surface area (Å²) in [5, 5.41) is 3.07. The van der Waals surface area contributed by atoms with Gasteiger partial charge in [0.05, 0.1) is 20.4 Å². The summed E-state index contributed by atoms with van der Waals surface area (Å²) in [5.41, 5.74) is 1.58. The van der Waals surface area contributed by atoms with Gasteiger partial charge in [-0.3, -0.25) is 0 Å². The predicted octanol–water partition coefficient (Wildman–Crippen LogP) is 4.19. The van der Waals surface area contributed by atoms with Gasteiger partial charge in [0.15, 0.2) is 17.3 Å². The molecule has 0 atom stereocenters. The minimum Gasteiger partial charge on any atom is -0.493 e. The molecule has 114 valence electrons. The molecule has 1 aromatic heterocycles. The molecule has 22 heavy (non-hydrogen) atoms. The fourth-order valence-electron chi connectivity index (χ4n) is 1.88. The van der Waals surface area contributed by atoms with Crippen molar-refractivity contribution in [3.8, 4) is 11.5 Å². The van der Waals surface area contributed by atoms with Crippen LogP contribution >= 0.6 is 0 Å². The Kier molecular flexibility index (Phi) is 5.03. The lowest BCUT2D eigenvalue weighted by molar-refractivity contribution is 0.355. The summed E-state index contributed by atoms with van der Waals surface area (Å²) < 4.78 is 16.1. The average molecular weight is 298 g/mol. The van der Waals surface area contributed by atoms with Gasteiger partial charge in [0.25, 0.3) is 6.01 Å². The number of methoxy groups -OCH3 is 2. The number of aromatic nitrogens is 1. The first kappa shape index (κ1) is 15.4. The van der Waals surface area contributed by atoms with Crippen LogP contribution in [0.5, 0.6) is 11.5 Å². The Morgan fingerprint density at radius 1 is 1.23 bits per heavy atom. The van der Waals surface area contributed by atoms with Gasteiger partial charge in [-0.1, -0.05) is 31.4 Å². The molecule has 0 fully saturated rings. The third-order valence-corrected chi connectivity index (χ3v) is 2.94. The Hall–Kier alpha value is -2.95. The van der Waals surface area contributed by atoms with Crippen LogP contribution in [0.2, 0.25) is 0 Å². The van der Waals surface area contributed by atoms with Crippen molar-refractivity contribution in [3.63, 3.8) is 0 Å². The molecule has 5 nitrogen and oxygen atoms in total. The topological polar surface area (TPSA) is 56.5 Å². The molecule has 0 radical (unpaired) electrons. The molecule has 1 aromatic carbocycles. The molecule has 0 saturated heterocycles. The monoisotopic (exact) mass is 298 g/mol. The van der Waals surface area contributed by atoms with Crippen molar-refractivity contribution in [2.45, 2.75) is 0 Å². The second-order valence-electron chi connectivity index (χ2n) is 4.29. The van der Waals surface area contributed by atoms with E-state index in [0.29, 0.717) is 23.3 Å². The lowest BCUT2D eigenvalue weighted by atomic mass is 10.2. The van der Waals surface area contributed by atoms with Crippen LogP contribution in [0, 0.1) is 0 Å². The van der Waals surface area contributed by atoms with E-state index in [-0.39, 0.29) is 0 Å². The Morgan fingerprint density at radius 3 is 2.64 bits per heavy atom. The van der Waals surface area contributed by atoms with Crippen LogP contribution in [-0.2, 0) is 0 Å². The highest BCUT2D eigenvalue weighted by atomic mass is 16.5. The maximum atomic E-state index is 5.64. The molecule has 1 heterocycles. The maximum Gasteiger partial charge on any atom is 0.299 e. The van der Waals surface area contributed by atoms with E-state index in [1.165, 1.54) is 0 Å². The standard InChI is InChI=1S/C17H18N2O3/c1-5-7-12(6-2)16-11-18-17(22-16)19-13-8-9-14(20-3)15(10-13)21-4/h5-11H,1-2H2,3-4H3,(H,18,19)/b12-7+. The number of hydrogen-bond acceptors (Lipinski definition) is 5. The summed E-state index contributed by atoms with van der Waals surface area (Å²) in [6.45, 7) is 7.39. The summed E-state index contributed by atoms with van der Waals surface area (Å²) in [6.07, 6.45) is 6.77. The van der Waals surface area contributed by atoms with Gasteiger partial charge in [0.1, 0.15) is 0 Å². The number of rotatable bonds is 7. The molecular formula is C17H18N2O3. The number of nitrogens with one attached hydrogen (secondary N) is 1. The van der Waals surface area contributed by atoms with Gasteiger partial charge < -0.3 is 19.2 Å². The summed E-state index contributed by atoms with van der Waals surface area (Å²) in [7, 11) is 3.18. The molecule has 2 rings (SSSR count). The normalized spacial score (nSPS) is 10.9. The summed E-state index contributed by atoms with van der Waals surface area (Å²) >= 11 is 0. The Labute approximate surface area is 129 Å². The third-order valence-electron chi connectivity index (χ3n) is 2.94. The molecular weight excluding hydrogens is 280 g/mol. The molecule has 2 aromatic rings. The van der Waals surface area contributed by atoms with Gasteiger partial charge in [-0.2, -0.15) is 0 Å². The van der Waals surface area contributed by atoms with E-state index in [1.807, 2.05) is 6.07 Å². The first-order valence-electron chi connectivity index (χ1n) is 6.62. The number of ether oxygens (including phenoxy) is 2. The number of hydrogen-bond donors (Lipinski definition) is 1. The first-order chi connectivity index (χ1) is 10.7. The van der Waals surface area contributed by atoms with E-state index in [9.17, 15) is 0 Å². The van der Waals surface area contributed by atoms with E-state index in [0.717, 1.165) is 11.3 Å². The number of benzene rings is 1. The minimum absolute atomic E-state index is 0.374. The predicted molar refractivity (Wildman–Crippen MR) is 87.7 cm³/mol. The zero-order valence-corrected chi connectivity index (χ0v) is 12.6. The lowest BCUT2D eigenvalue weighted by Gasteiger charge is -2.09. The highest BCUT2D eigenvalue weighted by Crippen LogP contribution is 2.31. The van der Waals surface area contributed by atoms with Crippen LogP contribution < -0.4 is 14.8 Å². The molecule has 0 amide bonds. The number of allylic oxidation sites excluding steroid dienone is 4. The second-order valence-corrected chi connectivity index (χ2v) is 4.29. The van der Waals surface area contributed by atoms with E-state index in [1.54, 1.807) is 50.8 Å². The fourth-order valence-corrected chi connectivity index (χ4v) is 1.88. The Bertz CT molecular complexity index is 702. The van der Waals surface area contributed by atoms with Crippen LogP contribution in [-0.4, -0.2) is 19.2 Å². The van der Waals surface area contributed by atoms with E-state index >= 15 is 0 Å². The molecule has 0 bridgehead atoms. The van der Waals surface area contributed by atoms with Crippen molar-refractivity contribution in [1.29, 1.82) is 0 Å². The number of anilines is 2. The zero-order valence-electron chi connectivity index (χ0n) is 12.6. The zero-order chi connectivity index (χ0) is 15.9. The van der Waals surface area contributed by atoms with Crippen molar-refractivity contribution in [2.75, 3.05) is 19.5 Å². The molecule has 0 spiro atoms. The van der Waals surface area contributed by atoms with E-state index < -0.39 is 0 Å². The van der Waals surface area contributed by atoms with Gasteiger partial charge in [0.2, 0.25) is 0 Å². The van der Waals surface area contributed by atoms with Crippen LogP contribution in [0.1, 0.15) is 5.76 Å². The summed E-state index contributed by atoms with van der Waals surface area (Å²) in [5.74, 6) is 1.89. The van der Waals surface area contributed by atoms with Gasteiger partial charge in [-0.05, 0) is 12.1 Å². The molecule has 0 aliphatic heterocycles. The molecule has 0 saturated carbocycles. The maximum absolute atomic E-state index is 5.64. The Balaban J connectivity index is 2.21. The van der Waals surface area contributed by atoms with Gasteiger partial charge in [0, 0.05) is 17.3 Å². The summed E-state index contributed by atoms with van der Waals surface area (Å²) in [4.78, 5) is 4.19. The third kappa shape index (κ3) is 3.38. The quantitative estimate of drug-likeness (QED) is 0.777. The number of nitrogens with zero attached hydrogens (tertiary/aromatic N) is 1. The molecule has 0 unspecified atom stereocenters. The van der Waals surface area contributed by atoms with Crippen molar-refractivity contribution >= 4 is 17.3 Å². The average Bonchev–Trinajstić information content (AvgIpc) is 3.00. The van der Waals surface area contributed by atoms with E-state index in [4.69, 9.17) is 13.9 Å². The highest BCUT2D eigenvalue weighted by molar-refractivity contribution is 5.71. The molecule has 5 heteroatoms. The second kappa shape index (κ2) is 7.17. The van der Waals surface area contributed by atoms with E-state index in [2.05, 4.69) is 23.5 Å². The van der Waals surface area contributed by atoms with Crippen molar-refractivity contribution in [3.05, 3.63) is 61.5 Å². The van der Waals surface area contributed by atoms with Gasteiger partial charge in [-0.25, -0.2) is 4.98 Å². The molecule has 1 N–H and O–H groups in total. The minimum atomic E-state index is 0.374. The SMILES string of the molecule is C=C/C=C(\C=C)c1cnc(Nc2ccc(OC)c(OC)c2)o1. The van der Waals surface area contributed by atoms with Gasteiger partial charge in [-0.15, -0.1) is 0 Å². The Morgan fingerprint density at radius 2 is 2.00 bits per heavy atom. The molecule has 0 aliphatic rings. The van der Waals surface area contributed by atoms with Gasteiger partial charge >= 0.3 is 0 Å². The summed E-state index contributed by atoms with van der Waals surface area (Å²) in [6, 6.07) is 5.83. The largest absolute Gasteiger partial charge is 0.493 e. The van der Waals surface area contributed by atoms with Crippen molar-refractivity contribution < 1.29 is 13.9 Å². The van der Waals surface area contributed by atoms with Crippen molar-refractivity contribution in [1.82, 2.24) is 4.98 Å². The van der Waals surface area contributed by atoms with Crippen LogP contribution in [0.4, 0.5) is 11.7 Å². The lowest BCUT2D eigenvalue weighted by Crippen LogP contribution is -1.94. The smallest absolute Gasteiger partial charge is 0.299 e. The number of oxazole rings is 1. The molecule has 0 aliphatic carbocycles. The van der Waals surface area contributed by atoms with Crippen LogP contribution in [0.25, 0.3) is 5.57 Å². The van der Waals surface area contributed by atoms with Crippen LogP contribution in [0.15, 0.2) is 60.2 Å². The first-order valence-corrected chi connectivity index (χ1v) is 6.62. The highest BCUT2D eigenvalue weighted by Gasteiger charge is 2.09.